The zero-order valence-electron chi connectivity index (χ0n) is 7.39. The van der Waals surface area contributed by atoms with E-state index < -0.39 is 0 Å². The maximum atomic E-state index is 13.5. The van der Waals surface area contributed by atoms with E-state index >= 15 is 0 Å². The van der Waals surface area contributed by atoms with Crippen molar-refractivity contribution in [2.45, 2.75) is 0 Å². The third kappa shape index (κ3) is 2.05. The van der Waals surface area contributed by atoms with Gasteiger partial charge in [-0.15, -0.1) is 0 Å². The van der Waals surface area contributed by atoms with Crippen LogP contribution >= 0.6 is 31.9 Å². The largest absolute Gasteiger partial charge is 0.369 e. The topological polar surface area (TPSA) is 54.7 Å². The number of benzene rings is 1. The Balaban J connectivity index is 2.62. The standard InChI is InChI=1S/C9H6Br2FN3/c10-4-1-2-6(12)5(3-4)7-8(11)15-9(13)14-7/h1-3H,(H3,13,14,15). The number of rotatable bonds is 1. The minimum Gasteiger partial charge on any atom is -0.369 e. The number of imidazole rings is 1. The zero-order chi connectivity index (χ0) is 11.0. The van der Waals surface area contributed by atoms with Crippen LogP contribution in [0.1, 0.15) is 0 Å². The molecule has 0 aliphatic rings. The molecular weight excluding hydrogens is 329 g/mol. The van der Waals surface area contributed by atoms with Crippen LogP contribution in [-0.4, -0.2) is 9.97 Å². The summed E-state index contributed by atoms with van der Waals surface area (Å²) in [4.78, 5) is 6.75. The Kier molecular flexibility index (Phi) is 2.79. The van der Waals surface area contributed by atoms with Crippen molar-refractivity contribution in [2.24, 2.45) is 0 Å². The number of nitrogens with zero attached hydrogens (tertiary/aromatic N) is 1. The first-order valence-corrected chi connectivity index (χ1v) is 5.63. The molecule has 0 atom stereocenters. The number of anilines is 1. The molecule has 0 saturated carbocycles. The lowest BCUT2D eigenvalue weighted by molar-refractivity contribution is 0.630. The highest BCUT2D eigenvalue weighted by molar-refractivity contribution is 9.10. The van der Waals surface area contributed by atoms with Crippen LogP contribution in [0.5, 0.6) is 0 Å². The first-order chi connectivity index (χ1) is 7.08. The molecule has 2 rings (SSSR count). The molecule has 78 valence electrons. The second kappa shape index (κ2) is 3.94. The van der Waals surface area contributed by atoms with Crippen LogP contribution in [-0.2, 0) is 0 Å². The van der Waals surface area contributed by atoms with Gasteiger partial charge in [0.2, 0.25) is 0 Å². The van der Waals surface area contributed by atoms with E-state index in [0.717, 1.165) is 4.47 Å². The molecule has 0 amide bonds. The fourth-order valence-electron chi connectivity index (χ4n) is 1.23. The van der Waals surface area contributed by atoms with Gasteiger partial charge in [0, 0.05) is 10.0 Å². The summed E-state index contributed by atoms with van der Waals surface area (Å²) in [6.45, 7) is 0. The molecule has 0 fully saturated rings. The molecule has 15 heavy (non-hydrogen) atoms. The number of nitrogen functional groups attached to an aromatic ring is 1. The highest BCUT2D eigenvalue weighted by atomic mass is 79.9. The van der Waals surface area contributed by atoms with E-state index in [1.807, 2.05) is 0 Å². The number of H-pyrrole nitrogens is 1. The van der Waals surface area contributed by atoms with Crippen LogP contribution in [0, 0.1) is 5.82 Å². The molecule has 0 saturated heterocycles. The molecule has 1 heterocycles. The van der Waals surface area contributed by atoms with Crippen molar-refractivity contribution >= 4 is 37.8 Å². The molecule has 1 aromatic carbocycles. The van der Waals surface area contributed by atoms with Gasteiger partial charge in [0.1, 0.15) is 16.1 Å². The van der Waals surface area contributed by atoms with Gasteiger partial charge in [-0.05, 0) is 34.1 Å². The minimum atomic E-state index is -0.342. The van der Waals surface area contributed by atoms with Crippen LogP contribution < -0.4 is 5.73 Å². The summed E-state index contributed by atoms with van der Waals surface area (Å²) < 4.78 is 14.9. The number of aromatic nitrogens is 2. The lowest BCUT2D eigenvalue weighted by atomic mass is 10.1. The van der Waals surface area contributed by atoms with Gasteiger partial charge in [0.25, 0.3) is 0 Å². The average molecular weight is 335 g/mol. The number of aromatic amines is 1. The van der Waals surface area contributed by atoms with Gasteiger partial charge in [0.05, 0.1) is 0 Å². The number of halogens is 3. The highest BCUT2D eigenvalue weighted by Gasteiger charge is 2.13. The zero-order valence-corrected chi connectivity index (χ0v) is 10.6. The first-order valence-electron chi connectivity index (χ1n) is 4.04. The molecule has 3 N–H and O–H groups in total. The van der Waals surface area contributed by atoms with Gasteiger partial charge >= 0.3 is 0 Å². The third-order valence-corrected chi connectivity index (χ3v) is 2.93. The number of nitrogens with two attached hydrogens (primary N) is 1. The predicted octanol–water partition coefficient (Wildman–Crippen LogP) is 3.32. The Morgan fingerprint density at radius 2 is 2.07 bits per heavy atom. The van der Waals surface area contributed by atoms with Crippen molar-refractivity contribution in [1.29, 1.82) is 0 Å². The maximum absolute atomic E-state index is 13.5. The van der Waals surface area contributed by atoms with E-state index in [0.29, 0.717) is 15.9 Å². The molecule has 0 radical (unpaired) electrons. The summed E-state index contributed by atoms with van der Waals surface area (Å²) in [7, 11) is 0. The van der Waals surface area contributed by atoms with Crippen molar-refractivity contribution in [3.05, 3.63) is 33.1 Å². The van der Waals surface area contributed by atoms with Crippen molar-refractivity contribution < 1.29 is 4.39 Å². The van der Waals surface area contributed by atoms with Crippen LogP contribution in [0.25, 0.3) is 11.3 Å². The van der Waals surface area contributed by atoms with Gasteiger partial charge in [-0.1, -0.05) is 15.9 Å². The predicted molar refractivity (Wildman–Crippen MR) is 63.8 cm³/mol. The molecule has 1 aromatic heterocycles. The quantitative estimate of drug-likeness (QED) is 0.840. The van der Waals surface area contributed by atoms with Crippen LogP contribution in [0.2, 0.25) is 0 Å². The Morgan fingerprint density at radius 3 is 2.67 bits per heavy atom. The third-order valence-electron chi connectivity index (χ3n) is 1.86. The molecule has 0 aliphatic carbocycles. The lowest BCUT2D eigenvalue weighted by Gasteiger charge is -2.00. The van der Waals surface area contributed by atoms with Gasteiger partial charge in [0.15, 0.2) is 5.95 Å². The summed E-state index contributed by atoms with van der Waals surface area (Å²) in [6, 6.07) is 4.65. The first kappa shape index (κ1) is 10.6. The van der Waals surface area contributed by atoms with Gasteiger partial charge in [-0.2, -0.15) is 0 Å². The van der Waals surface area contributed by atoms with E-state index in [1.165, 1.54) is 6.07 Å². The summed E-state index contributed by atoms with van der Waals surface area (Å²) >= 11 is 6.51. The monoisotopic (exact) mass is 333 g/mol. The van der Waals surface area contributed by atoms with E-state index in [1.54, 1.807) is 12.1 Å². The number of hydrogen-bond donors (Lipinski definition) is 2. The second-order valence-electron chi connectivity index (χ2n) is 2.91. The smallest absolute Gasteiger partial charge is 0.198 e. The van der Waals surface area contributed by atoms with Crippen LogP contribution in [0.4, 0.5) is 10.3 Å². The second-order valence-corrected chi connectivity index (χ2v) is 4.62. The van der Waals surface area contributed by atoms with Crippen LogP contribution in [0.15, 0.2) is 27.3 Å². The van der Waals surface area contributed by atoms with E-state index in [4.69, 9.17) is 5.73 Å². The summed E-state index contributed by atoms with van der Waals surface area (Å²) in [5.74, 6) is -0.0957. The van der Waals surface area contributed by atoms with E-state index in [-0.39, 0.29) is 11.8 Å². The Labute approximate surface area is 102 Å². The van der Waals surface area contributed by atoms with Crippen molar-refractivity contribution in [1.82, 2.24) is 9.97 Å². The van der Waals surface area contributed by atoms with E-state index in [9.17, 15) is 4.39 Å². The normalized spacial score (nSPS) is 10.6. The molecule has 3 nitrogen and oxygen atoms in total. The Hall–Kier alpha value is -0.880. The maximum Gasteiger partial charge on any atom is 0.198 e. The Bertz CT molecular complexity index is 510. The SMILES string of the molecule is Nc1nc(-c2cc(Br)ccc2F)c(Br)[nH]1. The molecule has 2 aromatic rings. The van der Waals surface area contributed by atoms with Crippen LogP contribution in [0.3, 0.4) is 0 Å². The van der Waals surface area contributed by atoms with Crippen molar-refractivity contribution in [2.75, 3.05) is 5.73 Å². The van der Waals surface area contributed by atoms with Gasteiger partial charge in [-0.3, -0.25) is 0 Å². The average Bonchev–Trinajstić information content (AvgIpc) is 2.50. The fraction of sp³-hybridized carbons (Fsp3) is 0. The number of nitrogens with one attached hydrogen (secondary N) is 1. The molecular formula is C9H6Br2FN3. The minimum absolute atomic E-state index is 0.247. The van der Waals surface area contributed by atoms with E-state index in [2.05, 4.69) is 41.8 Å². The fourth-order valence-corrected chi connectivity index (χ4v) is 2.09. The molecule has 0 bridgehead atoms. The summed E-state index contributed by atoms with van der Waals surface area (Å²) in [5.41, 5.74) is 6.33. The molecule has 6 heteroatoms. The summed E-state index contributed by atoms with van der Waals surface area (Å²) in [5, 5.41) is 0. The Morgan fingerprint density at radius 1 is 1.33 bits per heavy atom. The van der Waals surface area contributed by atoms with Gasteiger partial charge in [-0.25, -0.2) is 9.37 Å². The van der Waals surface area contributed by atoms with Gasteiger partial charge < -0.3 is 10.7 Å². The molecule has 0 unspecified atom stereocenters. The lowest BCUT2D eigenvalue weighted by Crippen LogP contribution is -1.87. The van der Waals surface area contributed by atoms with Crippen molar-refractivity contribution in [3.63, 3.8) is 0 Å². The molecule has 0 aliphatic heterocycles. The summed E-state index contributed by atoms with van der Waals surface area (Å²) in [6.07, 6.45) is 0. The number of hydrogen-bond acceptors (Lipinski definition) is 2. The highest BCUT2D eigenvalue weighted by Crippen LogP contribution is 2.30. The molecule has 0 spiro atoms. The van der Waals surface area contributed by atoms with Crippen molar-refractivity contribution in [3.8, 4) is 11.3 Å².